The summed E-state index contributed by atoms with van der Waals surface area (Å²) in [5, 5.41) is 5.49. The van der Waals surface area contributed by atoms with Crippen LogP contribution in [0.25, 0.3) is 0 Å². The van der Waals surface area contributed by atoms with E-state index in [0.717, 1.165) is 23.3 Å². The van der Waals surface area contributed by atoms with E-state index >= 15 is 0 Å². The lowest BCUT2D eigenvalue weighted by atomic mass is 9.92. The summed E-state index contributed by atoms with van der Waals surface area (Å²) in [5.41, 5.74) is 6.61. The molecule has 1 aliphatic heterocycles. The first-order valence-electron chi connectivity index (χ1n) is 8.14. The minimum Gasteiger partial charge on any atom is -0.345 e. The molecule has 0 radical (unpaired) electrons. The van der Waals surface area contributed by atoms with Crippen LogP contribution in [0.4, 0.5) is 4.79 Å². The first kappa shape index (κ1) is 17.9. The number of imide groups is 1. The second kappa shape index (κ2) is 7.44. The van der Waals surface area contributed by atoms with Gasteiger partial charge in [-0.2, -0.15) is 0 Å². The van der Waals surface area contributed by atoms with E-state index in [1.54, 1.807) is 24.3 Å². The van der Waals surface area contributed by atoms with Gasteiger partial charge in [0.1, 0.15) is 0 Å². The molecule has 7 nitrogen and oxygen atoms in total. The molecule has 1 aromatic rings. The van der Waals surface area contributed by atoms with Crippen molar-refractivity contribution >= 4 is 17.8 Å². The topological polar surface area (TPSA) is 105 Å². The molecule has 24 heavy (non-hydrogen) atoms. The van der Waals surface area contributed by atoms with Gasteiger partial charge in [0.05, 0.1) is 18.6 Å². The number of nitrogens with two attached hydrogens (primary N) is 1. The predicted molar refractivity (Wildman–Crippen MR) is 90.2 cm³/mol. The zero-order valence-corrected chi connectivity index (χ0v) is 14.1. The van der Waals surface area contributed by atoms with Crippen molar-refractivity contribution in [3.05, 3.63) is 35.4 Å². The quantitative estimate of drug-likeness (QED) is 0.648. The highest BCUT2D eigenvalue weighted by Gasteiger charge is 2.29. The van der Waals surface area contributed by atoms with E-state index in [2.05, 4.69) is 10.6 Å². The van der Waals surface area contributed by atoms with Gasteiger partial charge in [-0.25, -0.2) is 4.79 Å². The van der Waals surface area contributed by atoms with E-state index in [0.29, 0.717) is 12.1 Å². The van der Waals surface area contributed by atoms with Crippen molar-refractivity contribution in [1.29, 1.82) is 0 Å². The highest BCUT2D eigenvalue weighted by molar-refractivity contribution is 6.02. The summed E-state index contributed by atoms with van der Waals surface area (Å²) in [5.74, 6) is -0.475. The molecule has 0 bridgehead atoms. The maximum absolute atomic E-state index is 12.5. The van der Waals surface area contributed by atoms with Crippen LogP contribution in [0.5, 0.6) is 0 Å². The number of nitrogens with one attached hydrogen (secondary N) is 2. The molecule has 1 saturated heterocycles. The maximum atomic E-state index is 12.5. The highest BCUT2D eigenvalue weighted by Crippen LogP contribution is 2.16. The molecule has 4 N–H and O–H groups in total. The molecule has 0 atom stereocenters. The van der Waals surface area contributed by atoms with Gasteiger partial charge in [0.2, 0.25) is 5.91 Å². The van der Waals surface area contributed by atoms with Crippen molar-refractivity contribution in [3.8, 4) is 0 Å². The monoisotopic (exact) mass is 332 g/mol. The summed E-state index contributed by atoms with van der Waals surface area (Å²) in [6.45, 7) is 4.52. The zero-order chi connectivity index (χ0) is 17.7. The second-order valence-electron chi connectivity index (χ2n) is 5.98. The molecule has 7 heteroatoms. The van der Waals surface area contributed by atoms with Crippen molar-refractivity contribution in [2.24, 2.45) is 5.73 Å². The maximum Gasteiger partial charge on any atom is 0.324 e. The Morgan fingerprint density at radius 1 is 1.33 bits per heavy atom. The summed E-state index contributed by atoms with van der Waals surface area (Å²) in [6, 6.07) is 6.52. The number of hydrogen-bond acceptors (Lipinski definition) is 4. The Kier molecular flexibility index (Phi) is 5.56. The molecule has 4 amide bonds. The van der Waals surface area contributed by atoms with Crippen LogP contribution in [0.2, 0.25) is 0 Å². The van der Waals surface area contributed by atoms with Crippen LogP contribution < -0.4 is 16.4 Å². The minimum absolute atomic E-state index is 0.0189. The van der Waals surface area contributed by atoms with Crippen molar-refractivity contribution in [1.82, 2.24) is 15.5 Å². The Balaban J connectivity index is 2.13. The summed E-state index contributed by atoms with van der Waals surface area (Å²) >= 11 is 0. The average molecular weight is 332 g/mol. The number of nitrogens with zero attached hydrogens (tertiary/aromatic N) is 1. The largest absolute Gasteiger partial charge is 0.345 e. The van der Waals surface area contributed by atoms with Crippen molar-refractivity contribution < 1.29 is 14.4 Å². The second-order valence-corrected chi connectivity index (χ2v) is 5.98. The van der Waals surface area contributed by atoms with Crippen LogP contribution in [-0.2, 0) is 11.3 Å². The molecule has 1 heterocycles. The van der Waals surface area contributed by atoms with Gasteiger partial charge in [0.15, 0.2) is 0 Å². The molecule has 0 spiro atoms. The van der Waals surface area contributed by atoms with Crippen LogP contribution >= 0.6 is 0 Å². The summed E-state index contributed by atoms with van der Waals surface area (Å²) in [7, 11) is 0. The third-order valence-corrected chi connectivity index (χ3v) is 4.59. The SMILES string of the molecule is CCC(CC)(CN)NC(=O)c1cccc(CN2C(=O)CNC2=O)c1. The predicted octanol–water partition coefficient (Wildman–Crippen LogP) is 0.986. The Labute approximate surface area is 141 Å². The van der Waals surface area contributed by atoms with Crippen molar-refractivity contribution in [2.75, 3.05) is 13.1 Å². The Hall–Kier alpha value is -2.41. The fraction of sp³-hybridized carbons (Fsp3) is 0.471. The third kappa shape index (κ3) is 3.73. The van der Waals surface area contributed by atoms with E-state index < -0.39 is 11.6 Å². The van der Waals surface area contributed by atoms with E-state index in [4.69, 9.17) is 5.73 Å². The van der Waals surface area contributed by atoms with Crippen molar-refractivity contribution in [3.63, 3.8) is 0 Å². The van der Waals surface area contributed by atoms with Gasteiger partial charge < -0.3 is 16.4 Å². The number of carbonyl (C=O) groups excluding carboxylic acids is 3. The van der Waals surface area contributed by atoms with E-state index in [1.807, 2.05) is 13.8 Å². The van der Waals surface area contributed by atoms with Gasteiger partial charge in [-0.05, 0) is 30.5 Å². The van der Waals surface area contributed by atoms with Crippen LogP contribution in [0.1, 0.15) is 42.6 Å². The number of hydrogen-bond donors (Lipinski definition) is 3. The molecule has 1 fully saturated rings. The third-order valence-electron chi connectivity index (χ3n) is 4.59. The lowest BCUT2D eigenvalue weighted by Gasteiger charge is -2.31. The fourth-order valence-corrected chi connectivity index (χ4v) is 2.69. The van der Waals surface area contributed by atoms with Gasteiger partial charge in [0, 0.05) is 12.1 Å². The number of amides is 4. The first-order valence-corrected chi connectivity index (χ1v) is 8.14. The number of rotatable bonds is 7. The molecular formula is C17H24N4O3. The number of carbonyl (C=O) groups is 3. The Morgan fingerprint density at radius 2 is 2.04 bits per heavy atom. The molecule has 1 aliphatic rings. The summed E-state index contributed by atoms with van der Waals surface area (Å²) in [4.78, 5) is 36.9. The average Bonchev–Trinajstić information content (AvgIpc) is 2.92. The van der Waals surface area contributed by atoms with E-state index in [1.165, 1.54) is 0 Å². The van der Waals surface area contributed by atoms with Gasteiger partial charge >= 0.3 is 6.03 Å². The van der Waals surface area contributed by atoms with Gasteiger partial charge in [-0.1, -0.05) is 26.0 Å². The lowest BCUT2D eigenvalue weighted by molar-refractivity contribution is -0.125. The van der Waals surface area contributed by atoms with Crippen molar-refractivity contribution in [2.45, 2.75) is 38.8 Å². The Bertz CT molecular complexity index is 616. The van der Waals surface area contributed by atoms with Crippen LogP contribution in [-0.4, -0.2) is 41.4 Å². The molecule has 0 aromatic heterocycles. The molecular weight excluding hydrogens is 308 g/mol. The molecule has 130 valence electrons. The molecule has 1 aromatic carbocycles. The van der Waals surface area contributed by atoms with Gasteiger partial charge in [-0.3, -0.25) is 14.5 Å². The zero-order valence-electron chi connectivity index (χ0n) is 14.1. The first-order chi connectivity index (χ1) is 11.4. The number of urea groups is 1. The standard InChI is InChI=1S/C17H24N4O3/c1-3-17(4-2,11-18)20-15(23)13-7-5-6-12(8-13)10-21-14(22)9-19-16(21)24/h5-8H,3-4,9-11,18H2,1-2H3,(H,19,24)(H,20,23). The van der Waals surface area contributed by atoms with Crippen LogP contribution in [0, 0.1) is 0 Å². The molecule has 0 saturated carbocycles. The van der Waals surface area contributed by atoms with Crippen LogP contribution in [0.15, 0.2) is 24.3 Å². The van der Waals surface area contributed by atoms with Gasteiger partial charge in [-0.15, -0.1) is 0 Å². The molecule has 2 rings (SSSR count). The fourth-order valence-electron chi connectivity index (χ4n) is 2.69. The lowest BCUT2D eigenvalue weighted by Crippen LogP contribution is -2.52. The summed E-state index contributed by atoms with van der Waals surface area (Å²) < 4.78 is 0. The molecule has 0 aliphatic carbocycles. The number of benzene rings is 1. The van der Waals surface area contributed by atoms with E-state index in [-0.39, 0.29) is 24.9 Å². The summed E-state index contributed by atoms with van der Waals surface area (Å²) in [6.07, 6.45) is 1.49. The highest BCUT2D eigenvalue weighted by atomic mass is 16.2. The minimum atomic E-state index is -0.419. The van der Waals surface area contributed by atoms with Crippen LogP contribution in [0.3, 0.4) is 0 Å². The smallest absolute Gasteiger partial charge is 0.324 e. The van der Waals surface area contributed by atoms with Gasteiger partial charge in [0.25, 0.3) is 5.91 Å². The normalized spacial score (nSPS) is 14.7. The Morgan fingerprint density at radius 3 is 2.58 bits per heavy atom. The molecule has 0 unspecified atom stereocenters. The van der Waals surface area contributed by atoms with E-state index in [9.17, 15) is 14.4 Å².